The van der Waals surface area contributed by atoms with Crippen molar-refractivity contribution in [2.24, 2.45) is 27.0 Å². The van der Waals surface area contributed by atoms with E-state index >= 15 is 0 Å². The Kier molecular flexibility index (Phi) is 4.33. The zero-order valence-electron chi connectivity index (χ0n) is 16.7. The van der Waals surface area contributed by atoms with E-state index in [0.29, 0.717) is 23.7 Å². The summed E-state index contributed by atoms with van der Waals surface area (Å²) in [5.74, 6) is -1.34. The number of piperidine rings is 1. The third-order valence-electron chi connectivity index (χ3n) is 6.98. The fraction of sp³-hybridized carbons (Fsp3) is 0.476. The number of hydrogen-bond donors (Lipinski definition) is 2. The Hall–Kier alpha value is -3.03. The first-order valence-corrected chi connectivity index (χ1v) is 9.77. The first-order chi connectivity index (χ1) is 13.7. The highest BCUT2D eigenvalue weighted by Crippen LogP contribution is 2.60. The number of nitrogens with one attached hydrogen (secondary N) is 1. The van der Waals surface area contributed by atoms with Crippen LogP contribution in [0.2, 0.25) is 0 Å². The van der Waals surface area contributed by atoms with Crippen LogP contribution in [0.1, 0.15) is 40.0 Å². The molecule has 1 aromatic carbocycles. The van der Waals surface area contributed by atoms with Crippen molar-refractivity contribution >= 4 is 34.3 Å². The Morgan fingerprint density at radius 2 is 2.00 bits per heavy atom. The van der Waals surface area contributed by atoms with Crippen LogP contribution >= 0.6 is 0 Å². The minimum absolute atomic E-state index is 0.00242. The molecule has 1 aliphatic heterocycles. The van der Waals surface area contributed by atoms with Crippen LogP contribution in [0.15, 0.2) is 34.5 Å². The van der Waals surface area contributed by atoms with Gasteiger partial charge in [0.25, 0.3) is 5.91 Å². The number of rotatable bonds is 4. The van der Waals surface area contributed by atoms with E-state index in [0.717, 1.165) is 0 Å². The molecule has 2 atom stereocenters. The second-order valence-corrected chi connectivity index (χ2v) is 8.65. The number of aromatic hydroxyl groups is 1. The predicted octanol–water partition coefficient (Wildman–Crippen LogP) is 3.69. The molecular formula is C21H24N4O4. The highest BCUT2D eigenvalue weighted by molar-refractivity contribution is 6.04. The highest BCUT2D eigenvalue weighted by atomic mass is 16.3. The molecule has 1 aliphatic carbocycles. The third-order valence-corrected chi connectivity index (χ3v) is 6.98. The lowest BCUT2D eigenvalue weighted by Gasteiger charge is -2.47. The normalized spacial score (nSPS) is 26.0. The van der Waals surface area contributed by atoms with E-state index in [-0.39, 0.29) is 47.7 Å². The minimum atomic E-state index is -0.591. The Bertz CT molecular complexity index is 1050. The van der Waals surface area contributed by atoms with Gasteiger partial charge in [-0.2, -0.15) is 0 Å². The quantitative estimate of drug-likeness (QED) is 0.606. The summed E-state index contributed by atoms with van der Waals surface area (Å²) in [4.78, 5) is 42.0. The van der Waals surface area contributed by atoms with Crippen molar-refractivity contribution in [3.63, 3.8) is 0 Å². The molecule has 29 heavy (non-hydrogen) atoms. The molecule has 2 aromatic rings. The topological polar surface area (TPSA) is 115 Å². The van der Waals surface area contributed by atoms with Gasteiger partial charge in [0.15, 0.2) is 5.69 Å². The SMILES string of the molecule is CC12CCC(C(=O)N(CCC(=O)N=Nc3c(O)[nH]c4ccccc34)C1=O)C2(C)C. The summed E-state index contributed by atoms with van der Waals surface area (Å²) in [6, 6.07) is 7.14. The Balaban J connectivity index is 1.46. The van der Waals surface area contributed by atoms with E-state index in [1.54, 1.807) is 18.2 Å². The van der Waals surface area contributed by atoms with Crippen LogP contribution in [0, 0.1) is 16.7 Å². The molecule has 2 heterocycles. The Labute approximate surface area is 168 Å². The average Bonchev–Trinajstić information content (AvgIpc) is 3.08. The number of carbonyl (C=O) groups is 3. The summed E-state index contributed by atoms with van der Waals surface area (Å²) in [6.45, 7) is 5.86. The van der Waals surface area contributed by atoms with Gasteiger partial charge in [-0.05, 0) is 24.3 Å². The van der Waals surface area contributed by atoms with Gasteiger partial charge in [0, 0.05) is 24.3 Å². The molecule has 1 saturated carbocycles. The number of benzene rings is 1. The van der Waals surface area contributed by atoms with Crippen LogP contribution < -0.4 is 0 Å². The second kappa shape index (κ2) is 6.50. The van der Waals surface area contributed by atoms with Crippen molar-refractivity contribution < 1.29 is 19.5 Å². The summed E-state index contributed by atoms with van der Waals surface area (Å²) in [5, 5.41) is 18.2. The molecule has 2 N–H and O–H groups in total. The Morgan fingerprint density at radius 1 is 1.28 bits per heavy atom. The lowest BCUT2D eigenvalue weighted by Crippen LogP contribution is -2.59. The van der Waals surface area contributed by atoms with Gasteiger partial charge in [-0.1, -0.05) is 39.0 Å². The number of para-hydroxylation sites is 1. The molecule has 2 unspecified atom stereocenters. The molecule has 152 valence electrons. The number of amides is 3. The molecule has 1 aromatic heterocycles. The van der Waals surface area contributed by atoms with Crippen molar-refractivity contribution in [1.82, 2.24) is 9.88 Å². The summed E-state index contributed by atoms with van der Waals surface area (Å²) in [7, 11) is 0. The Morgan fingerprint density at radius 3 is 2.76 bits per heavy atom. The zero-order chi connectivity index (χ0) is 21.0. The fourth-order valence-electron chi connectivity index (χ4n) is 4.69. The van der Waals surface area contributed by atoms with Crippen molar-refractivity contribution in [3.8, 4) is 5.88 Å². The van der Waals surface area contributed by atoms with Gasteiger partial charge < -0.3 is 10.1 Å². The lowest BCUT2D eigenvalue weighted by atomic mass is 9.62. The molecule has 3 amide bonds. The number of fused-ring (bicyclic) bond motifs is 3. The largest absolute Gasteiger partial charge is 0.493 e. The molecule has 2 bridgehead atoms. The maximum Gasteiger partial charge on any atom is 0.266 e. The van der Waals surface area contributed by atoms with E-state index in [2.05, 4.69) is 15.2 Å². The maximum atomic E-state index is 13.0. The number of aromatic amines is 1. The summed E-state index contributed by atoms with van der Waals surface area (Å²) in [5.41, 5.74) is -0.103. The molecule has 8 heteroatoms. The van der Waals surface area contributed by atoms with Gasteiger partial charge in [-0.25, -0.2) is 0 Å². The van der Waals surface area contributed by atoms with Gasteiger partial charge in [-0.15, -0.1) is 10.2 Å². The molecule has 2 aliphatic rings. The van der Waals surface area contributed by atoms with Crippen LogP contribution in [0.4, 0.5) is 5.69 Å². The standard InChI is InChI=1S/C21H24N4O4/c1-20(2)13-8-10-21(20,3)19(29)25(18(13)28)11-9-15(26)23-24-16-12-6-4-5-7-14(12)22-17(16)27/h4-7,13,22,27H,8-11H2,1-3H3. The molecule has 0 spiro atoms. The second-order valence-electron chi connectivity index (χ2n) is 8.65. The van der Waals surface area contributed by atoms with Crippen molar-refractivity contribution in [2.75, 3.05) is 6.54 Å². The predicted molar refractivity (Wildman–Crippen MR) is 105 cm³/mol. The monoisotopic (exact) mass is 396 g/mol. The summed E-state index contributed by atoms with van der Waals surface area (Å²) in [6.07, 6.45) is 1.27. The van der Waals surface area contributed by atoms with Crippen molar-refractivity contribution in [1.29, 1.82) is 0 Å². The number of aromatic nitrogens is 1. The van der Waals surface area contributed by atoms with Crippen LogP contribution in [0.3, 0.4) is 0 Å². The number of H-pyrrole nitrogens is 1. The van der Waals surface area contributed by atoms with Gasteiger partial charge in [-0.3, -0.25) is 19.3 Å². The average molecular weight is 396 g/mol. The number of imide groups is 1. The molecule has 1 saturated heterocycles. The number of carbonyl (C=O) groups excluding carboxylic acids is 3. The zero-order valence-corrected chi connectivity index (χ0v) is 16.7. The molecule has 8 nitrogen and oxygen atoms in total. The lowest BCUT2D eigenvalue weighted by molar-refractivity contribution is -0.167. The fourth-order valence-corrected chi connectivity index (χ4v) is 4.69. The van der Waals surface area contributed by atoms with Crippen LogP contribution in [0.25, 0.3) is 10.9 Å². The van der Waals surface area contributed by atoms with Crippen LogP contribution in [0.5, 0.6) is 5.88 Å². The van der Waals surface area contributed by atoms with E-state index in [1.165, 1.54) is 4.90 Å². The minimum Gasteiger partial charge on any atom is -0.493 e. The number of nitrogens with zero attached hydrogens (tertiary/aromatic N) is 3. The van der Waals surface area contributed by atoms with Crippen LogP contribution in [-0.4, -0.2) is 39.3 Å². The molecule has 4 rings (SSSR count). The third kappa shape index (κ3) is 2.77. The maximum absolute atomic E-state index is 13.0. The van der Waals surface area contributed by atoms with Gasteiger partial charge >= 0.3 is 0 Å². The van der Waals surface area contributed by atoms with E-state index < -0.39 is 11.3 Å². The van der Waals surface area contributed by atoms with E-state index in [4.69, 9.17) is 0 Å². The highest BCUT2D eigenvalue weighted by Gasteiger charge is 2.64. The molecule has 0 radical (unpaired) electrons. The van der Waals surface area contributed by atoms with Gasteiger partial charge in [0.2, 0.25) is 17.7 Å². The van der Waals surface area contributed by atoms with Crippen molar-refractivity contribution in [3.05, 3.63) is 24.3 Å². The van der Waals surface area contributed by atoms with Gasteiger partial charge in [0.1, 0.15) is 0 Å². The molecule has 2 fully saturated rings. The van der Waals surface area contributed by atoms with Gasteiger partial charge in [0.05, 0.1) is 10.9 Å². The number of likely N-dealkylation sites (tertiary alicyclic amines) is 1. The van der Waals surface area contributed by atoms with E-state index in [1.807, 2.05) is 26.8 Å². The number of hydrogen-bond acceptors (Lipinski definition) is 5. The number of azo groups is 1. The summed E-state index contributed by atoms with van der Waals surface area (Å²) >= 11 is 0. The smallest absolute Gasteiger partial charge is 0.266 e. The molecular weight excluding hydrogens is 372 g/mol. The first kappa shape index (κ1) is 19.3. The summed E-state index contributed by atoms with van der Waals surface area (Å²) < 4.78 is 0. The van der Waals surface area contributed by atoms with Crippen LogP contribution in [-0.2, 0) is 14.4 Å². The van der Waals surface area contributed by atoms with E-state index in [9.17, 15) is 19.5 Å². The first-order valence-electron chi connectivity index (χ1n) is 9.77. The van der Waals surface area contributed by atoms with Crippen molar-refractivity contribution in [2.45, 2.75) is 40.0 Å².